The number of carboxylic acids is 1. The molecule has 5 nitrogen and oxygen atoms in total. The molecule has 0 saturated heterocycles. The van der Waals surface area contributed by atoms with Crippen molar-refractivity contribution < 1.29 is 32.3 Å². The first-order valence-electron chi connectivity index (χ1n) is 4.53. The third-order valence-electron chi connectivity index (χ3n) is 1.80. The number of nitrogens with one attached hydrogen (secondary N) is 1. The number of hydrogen-bond donors (Lipinski definition) is 2. The summed E-state index contributed by atoms with van der Waals surface area (Å²) in [5, 5.41) is 9.89. The van der Waals surface area contributed by atoms with Crippen molar-refractivity contribution in [3.8, 4) is 0 Å². The number of amides is 2. The van der Waals surface area contributed by atoms with Crippen LogP contribution in [0.3, 0.4) is 0 Å². The lowest BCUT2D eigenvalue weighted by Gasteiger charge is -2.20. The summed E-state index contributed by atoms with van der Waals surface area (Å²) in [6, 6.07) is -1.04. The summed E-state index contributed by atoms with van der Waals surface area (Å²) in [6.07, 6.45) is -4.23. The standard InChI is InChI=1S/C8H12F4N2O3/c1-14(3-2-5(15)16)7(17)13-4-8(11,12)6(9)10/h6H,2-4H2,1H3,(H,13,17)(H,15,16). The van der Waals surface area contributed by atoms with E-state index in [0.29, 0.717) is 0 Å². The number of aliphatic carboxylic acids is 1. The number of urea groups is 1. The van der Waals surface area contributed by atoms with Gasteiger partial charge in [-0.25, -0.2) is 13.6 Å². The fourth-order valence-electron chi connectivity index (χ4n) is 0.770. The zero-order valence-electron chi connectivity index (χ0n) is 8.92. The van der Waals surface area contributed by atoms with E-state index in [-0.39, 0.29) is 13.0 Å². The van der Waals surface area contributed by atoms with Gasteiger partial charge in [0.2, 0.25) is 0 Å². The predicted octanol–water partition coefficient (Wildman–Crippen LogP) is 1.00. The Morgan fingerprint density at radius 1 is 1.41 bits per heavy atom. The molecule has 0 heterocycles. The molecule has 0 aromatic heterocycles. The minimum Gasteiger partial charge on any atom is -0.481 e. The summed E-state index contributed by atoms with van der Waals surface area (Å²) in [5.41, 5.74) is 0. The summed E-state index contributed by atoms with van der Waals surface area (Å²) < 4.78 is 48.3. The summed E-state index contributed by atoms with van der Waals surface area (Å²) in [4.78, 5) is 22.0. The Hall–Kier alpha value is -1.54. The maximum Gasteiger partial charge on any atom is 0.324 e. The molecule has 0 atom stereocenters. The first kappa shape index (κ1) is 15.5. The zero-order chi connectivity index (χ0) is 13.6. The number of halogens is 4. The third kappa shape index (κ3) is 5.93. The molecular formula is C8H12F4N2O3. The fraction of sp³-hybridized carbons (Fsp3) is 0.750. The first-order chi connectivity index (χ1) is 7.66. The average molecular weight is 260 g/mol. The van der Waals surface area contributed by atoms with Crippen molar-refractivity contribution in [1.29, 1.82) is 0 Å². The van der Waals surface area contributed by atoms with E-state index in [9.17, 15) is 27.2 Å². The molecule has 9 heteroatoms. The second kappa shape index (κ2) is 6.26. The number of carbonyl (C=O) groups excluding carboxylic acids is 1. The van der Waals surface area contributed by atoms with Gasteiger partial charge in [-0.2, -0.15) is 8.78 Å². The highest BCUT2D eigenvalue weighted by atomic mass is 19.3. The SMILES string of the molecule is CN(CCC(=O)O)C(=O)NCC(F)(F)C(F)F. The van der Waals surface area contributed by atoms with Crippen LogP contribution in [0.4, 0.5) is 22.4 Å². The number of alkyl halides is 4. The van der Waals surface area contributed by atoms with Gasteiger partial charge in [0.15, 0.2) is 0 Å². The van der Waals surface area contributed by atoms with Crippen LogP contribution in [-0.4, -0.2) is 54.5 Å². The molecule has 0 aromatic rings. The highest BCUT2D eigenvalue weighted by molar-refractivity contribution is 5.75. The van der Waals surface area contributed by atoms with E-state index in [1.54, 1.807) is 5.32 Å². The Morgan fingerprint density at radius 3 is 2.35 bits per heavy atom. The Labute approximate surface area is 94.4 Å². The molecule has 0 spiro atoms. The van der Waals surface area contributed by atoms with Crippen LogP contribution in [0.1, 0.15) is 6.42 Å². The molecule has 0 unspecified atom stereocenters. The lowest BCUT2D eigenvalue weighted by atomic mass is 10.3. The second-order valence-electron chi connectivity index (χ2n) is 3.29. The van der Waals surface area contributed by atoms with Crippen LogP contribution in [0.5, 0.6) is 0 Å². The van der Waals surface area contributed by atoms with Crippen LogP contribution in [0.25, 0.3) is 0 Å². The van der Waals surface area contributed by atoms with Crippen molar-refractivity contribution in [2.75, 3.05) is 20.1 Å². The summed E-state index contributed by atoms with van der Waals surface area (Å²) in [6.45, 7) is -1.71. The molecule has 0 bridgehead atoms. The normalized spacial score (nSPS) is 11.4. The molecular weight excluding hydrogens is 248 g/mol. The van der Waals surface area contributed by atoms with Crippen molar-refractivity contribution in [3.63, 3.8) is 0 Å². The average Bonchev–Trinajstić information content (AvgIpc) is 2.22. The van der Waals surface area contributed by atoms with E-state index in [1.807, 2.05) is 0 Å². The lowest BCUT2D eigenvalue weighted by Crippen LogP contribution is -2.46. The maximum atomic E-state index is 12.4. The Morgan fingerprint density at radius 2 is 1.94 bits per heavy atom. The molecule has 0 aliphatic rings. The van der Waals surface area contributed by atoms with Crippen molar-refractivity contribution >= 4 is 12.0 Å². The Kier molecular flexibility index (Phi) is 5.69. The highest BCUT2D eigenvalue weighted by Crippen LogP contribution is 2.21. The van der Waals surface area contributed by atoms with E-state index >= 15 is 0 Å². The van der Waals surface area contributed by atoms with E-state index in [0.717, 1.165) is 4.90 Å². The molecule has 0 radical (unpaired) electrons. The van der Waals surface area contributed by atoms with Gasteiger partial charge < -0.3 is 15.3 Å². The number of nitrogens with zero attached hydrogens (tertiary/aromatic N) is 1. The van der Waals surface area contributed by atoms with Crippen LogP contribution in [0, 0.1) is 0 Å². The van der Waals surface area contributed by atoms with Crippen molar-refractivity contribution in [3.05, 3.63) is 0 Å². The lowest BCUT2D eigenvalue weighted by molar-refractivity contribution is -0.137. The largest absolute Gasteiger partial charge is 0.481 e. The minimum absolute atomic E-state index is 0.207. The van der Waals surface area contributed by atoms with Crippen LogP contribution in [0.15, 0.2) is 0 Å². The van der Waals surface area contributed by atoms with Gasteiger partial charge in [-0.15, -0.1) is 0 Å². The molecule has 2 N–H and O–H groups in total. The van der Waals surface area contributed by atoms with Crippen molar-refractivity contribution in [1.82, 2.24) is 10.2 Å². The van der Waals surface area contributed by atoms with Crippen LogP contribution in [0.2, 0.25) is 0 Å². The van der Waals surface area contributed by atoms with E-state index in [2.05, 4.69) is 0 Å². The van der Waals surface area contributed by atoms with Gasteiger partial charge in [0, 0.05) is 13.6 Å². The Bertz CT molecular complexity index is 286. The molecule has 0 aromatic carbocycles. The topological polar surface area (TPSA) is 69.6 Å². The van der Waals surface area contributed by atoms with Gasteiger partial charge in [-0.05, 0) is 0 Å². The molecule has 0 rings (SSSR count). The van der Waals surface area contributed by atoms with Gasteiger partial charge in [0.1, 0.15) is 0 Å². The molecule has 2 amide bonds. The minimum atomic E-state index is -4.30. The maximum absolute atomic E-state index is 12.4. The molecule has 0 saturated carbocycles. The molecule has 0 aliphatic heterocycles. The zero-order valence-corrected chi connectivity index (χ0v) is 8.92. The smallest absolute Gasteiger partial charge is 0.324 e. The van der Waals surface area contributed by atoms with Gasteiger partial charge in [-0.1, -0.05) is 0 Å². The van der Waals surface area contributed by atoms with Gasteiger partial charge in [0.05, 0.1) is 13.0 Å². The highest BCUT2D eigenvalue weighted by Gasteiger charge is 2.41. The van der Waals surface area contributed by atoms with Crippen LogP contribution in [-0.2, 0) is 4.79 Å². The summed E-state index contributed by atoms with van der Waals surface area (Å²) >= 11 is 0. The second-order valence-corrected chi connectivity index (χ2v) is 3.29. The predicted molar refractivity (Wildman–Crippen MR) is 49.2 cm³/mol. The van der Waals surface area contributed by atoms with Gasteiger partial charge in [0.25, 0.3) is 0 Å². The van der Waals surface area contributed by atoms with E-state index in [4.69, 9.17) is 5.11 Å². The third-order valence-corrected chi connectivity index (χ3v) is 1.80. The van der Waals surface area contributed by atoms with Crippen LogP contribution >= 0.6 is 0 Å². The quantitative estimate of drug-likeness (QED) is 0.700. The number of carboxylic acid groups (broad SMARTS) is 1. The van der Waals surface area contributed by atoms with Crippen LogP contribution < -0.4 is 5.32 Å². The molecule has 0 fully saturated rings. The summed E-state index contributed by atoms with van der Waals surface area (Å²) in [5.74, 6) is -5.47. The van der Waals surface area contributed by atoms with Gasteiger partial charge >= 0.3 is 24.3 Å². The molecule has 100 valence electrons. The summed E-state index contributed by atoms with van der Waals surface area (Å²) in [7, 11) is 1.17. The van der Waals surface area contributed by atoms with E-state index < -0.39 is 30.9 Å². The number of carbonyl (C=O) groups is 2. The molecule has 0 aliphatic carbocycles. The monoisotopic (exact) mass is 260 g/mol. The number of hydrogen-bond acceptors (Lipinski definition) is 2. The molecule has 17 heavy (non-hydrogen) atoms. The fourth-order valence-corrected chi connectivity index (χ4v) is 0.770. The van der Waals surface area contributed by atoms with E-state index in [1.165, 1.54) is 7.05 Å². The first-order valence-corrected chi connectivity index (χ1v) is 4.53. The number of rotatable bonds is 6. The Balaban J connectivity index is 4.05. The van der Waals surface area contributed by atoms with Crippen molar-refractivity contribution in [2.45, 2.75) is 18.8 Å². The van der Waals surface area contributed by atoms with Gasteiger partial charge in [-0.3, -0.25) is 4.79 Å². The van der Waals surface area contributed by atoms with Crippen molar-refractivity contribution in [2.24, 2.45) is 0 Å².